The van der Waals surface area contributed by atoms with Crippen LogP contribution in [0.1, 0.15) is 23.7 Å². The van der Waals surface area contributed by atoms with Gasteiger partial charge in [-0.15, -0.1) is 0 Å². The molecule has 1 rings (SSSR count). The lowest BCUT2D eigenvalue weighted by Gasteiger charge is -2.11. The number of halogens is 1. The van der Waals surface area contributed by atoms with Crippen molar-refractivity contribution in [1.82, 2.24) is 0 Å². The van der Waals surface area contributed by atoms with Crippen molar-refractivity contribution in [1.29, 1.82) is 0 Å². The van der Waals surface area contributed by atoms with Gasteiger partial charge in [-0.2, -0.15) is 0 Å². The smallest absolute Gasteiger partial charge is 0.339 e. The molecule has 0 aromatic heterocycles. The van der Waals surface area contributed by atoms with Crippen LogP contribution in [0.3, 0.4) is 0 Å². The van der Waals surface area contributed by atoms with Crippen LogP contribution in [0.4, 0.5) is 5.69 Å². The number of benzene rings is 1. The van der Waals surface area contributed by atoms with Gasteiger partial charge in [-0.3, -0.25) is 4.79 Å². The zero-order valence-corrected chi connectivity index (χ0v) is 11.0. The summed E-state index contributed by atoms with van der Waals surface area (Å²) in [5, 5.41) is 2.87. The van der Waals surface area contributed by atoms with E-state index in [4.69, 9.17) is 17.3 Å². The number of amides is 1. The van der Waals surface area contributed by atoms with E-state index in [1.165, 1.54) is 19.2 Å². The summed E-state index contributed by atoms with van der Waals surface area (Å²) in [5.41, 5.74) is 6.24. The van der Waals surface area contributed by atoms with E-state index in [-0.39, 0.29) is 16.5 Å². The largest absolute Gasteiger partial charge is 0.465 e. The lowest BCUT2D eigenvalue weighted by molar-refractivity contribution is -0.117. The Hall–Kier alpha value is -1.59. The monoisotopic (exact) mass is 270 g/mol. The molecule has 1 aromatic carbocycles. The Morgan fingerprint density at radius 3 is 2.72 bits per heavy atom. The summed E-state index contributed by atoms with van der Waals surface area (Å²) in [6.07, 6.45) is 0.531. The van der Waals surface area contributed by atoms with Crippen molar-refractivity contribution >= 4 is 29.2 Å². The van der Waals surface area contributed by atoms with Gasteiger partial charge in [-0.25, -0.2) is 4.79 Å². The Bertz CT molecular complexity index is 463. The van der Waals surface area contributed by atoms with E-state index < -0.39 is 12.0 Å². The predicted molar refractivity (Wildman–Crippen MR) is 69.7 cm³/mol. The van der Waals surface area contributed by atoms with Gasteiger partial charge in [0.05, 0.1) is 23.7 Å². The van der Waals surface area contributed by atoms with E-state index in [1.807, 2.05) is 6.92 Å². The lowest BCUT2D eigenvalue weighted by Crippen LogP contribution is -2.34. The molecule has 0 fully saturated rings. The Labute approximate surface area is 110 Å². The first-order valence-corrected chi connectivity index (χ1v) is 5.81. The average molecular weight is 271 g/mol. The highest BCUT2D eigenvalue weighted by Crippen LogP contribution is 2.21. The summed E-state index contributed by atoms with van der Waals surface area (Å²) in [7, 11) is 1.26. The third-order valence-electron chi connectivity index (χ3n) is 2.42. The van der Waals surface area contributed by atoms with Crippen LogP contribution in [-0.2, 0) is 9.53 Å². The van der Waals surface area contributed by atoms with E-state index in [9.17, 15) is 9.59 Å². The van der Waals surface area contributed by atoms with Crippen LogP contribution in [0.5, 0.6) is 0 Å². The lowest BCUT2D eigenvalue weighted by atomic mass is 10.2. The van der Waals surface area contributed by atoms with E-state index in [1.54, 1.807) is 6.07 Å². The van der Waals surface area contributed by atoms with Gasteiger partial charge in [0.15, 0.2) is 0 Å². The molecule has 0 heterocycles. The molecule has 5 nitrogen and oxygen atoms in total. The van der Waals surface area contributed by atoms with Crippen LogP contribution in [0.15, 0.2) is 18.2 Å². The highest BCUT2D eigenvalue weighted by atomic mass is 35.5. The Morgan fingerprint density at radius 1 is 1.50 bits per heavy atom. The third-order valence-corrected chi connectivity index (χ3v) is 2.75. The molecule has 0 aliphatic rings. The van der Waals surface area contributed by atoms with Gasteiger partial charge in [0.25, 0.3) is 0 Å². The van der Waals surface area contributed by atoms with Crippen LogP contribution in [0, 0.1) is 0 Å². The van der Waals surface area contributed by atoms with Crippen molar-refractivity contribution in [2.75, 3.05) is 12.4 Å². The minimum atomic E-state index is -0.581. The number of ether oxygens (including phenoxy) is 1. The highest BCUT2D eigenvalue weighted by molar-refractivity contribution is 6.33. The molecule has 0 spiro atoms. The molecule has 1 aromatic rings. The number of carbonyl (C=O) groups is 2. The molecule has 0 saturated heterocycles. The van der Waals surface area contributed by atoms with E-state index in [0.29, 0.717) is 12.1 Å². The van der Waals surface area contributed by atoms with Gasteiger partial charge >= 0.3 is 5.97 Å². The van der Waals surface area contributed by atoms with Crippen LogP contribution in [0.2, 0.25) is 5.02 Å². The zero-order valence-electron chi connectivity index (χ0n) is 10.2. The number of nitrogens with one attached hydrogen (secondary N) is 1. The topological polar surface area (TPSA) is 81.4 Å². The van der Waals surface area contributed by atoms with Crippen molar-refractivity contribution in [3.8, 4) is 0 Å². The average Bonchev–Trinajstić information content (AvgIpc) is 2.38. The molecular formula is C12H15ClN2O3. The molecule has 6 heteroatoms. The van der Waals surface area contributed by atoms with Crippen LogP contribution in [0.25, 0.3) is 0 Å². The summed E-state index contributed by atoms with van der Waals surface area (Å²) in [4.78, 5) is 23.0. The van der Waals surface area contributed by atoms with Crippen molar-refractivity contribution in [3.05, 3.63) is 28.8 Å². The molecule has 18 heavy (non-hydrogen) atoms. The fourth-order valence-corrected chi connectivity index (χ4v) is 1.48. The number of carbonyl (C=O) groups excluding carboxylic acids is 2. The fraction of sp³-hybridized carbons (Fsp3) is 0.333. The zero-order chi connectivity index (χ0) is 13.7. The Morgan fingerprint density at radius 2 is 2.17 bits per heavy atom. The first-order chi connectivity index (χ1) is 8.49. The third kappa shape index (κ3) is 3.45. The van der Waals surface area contributed by atoms with Crippen molar-refractivity contribution in [3.63, 3.8) is 0 Å². The minimum Gasteiger partial charge on any atom is -0.465 e. The molecule has 1 atom stereocenters. The summed E-state index contributed by atoms with van der Waals surface area (Å²) in [5.74, 6) is -0.869. The number of anilines is 1. The van der Waals surface area contributed by atoms with Gasteiger partial charge in [-0.1, -0.05) is 18.5 Å². The Kier molecular flexibility index (Phi) is 5.12. The molecular weight excluding hydrogens is 256 g/mol. The van der Waals surface area contributed by atoms with Gasteiger partial charge in [0.1, 0.15) is 0 Å². The summed E-state index contributed by atoms with van der Waals surface area (Å²) in [6, 6.07) is 3.98. The number of nitrogens with two attached hydrogens (primary N) is 1. The van der Waals surface area contributed by atoms with Gasteiger partial charge in [0, 0.05) is 5.69 Å². The van der Waals surface area contributed by atoms with E-state index >= 15 is 0 Å². The first kappa shape index (κ1) is 14.5. The molecule has 0 aliphatic carbocycles. The maximum atomic E-state index is 11.6. The maximum Gasteiger partial charge on any atom is 0.339 e. The SMILES string of the molecule is CC[C@@H](N)C(=O)Nc1ccc(Cl)c(C(=O)OC)c1. The van der Waals surface area contributed by atoms with E-state index in [0.717, 1.165) is 0 Å². The molecule has 0 saturated carbocycles. The second-order valence-corrected chi connectivity index (χ2v) is 4.10. The second-order valence-electron chi connectivity index (χ2n) is 3.69. The number of esters is 1. The van der Waals surface area contributed by atoms with Crippen LogP contribution < -0.4 is 11.1 Å². The summed E-state index contributed by atoms with van der Waals surface area (Å²) < 4.78 is 4.58. The van der Waals surface area contributed by atoms with Crippen molar-refractivity contribution in [2.45, 2.75) is 19.4 Å². The molecule has 0 radical (unpaired) electrons. The molecule has 0 bridgehead atoms. The number of hydrogen-bond donors (Lipinski definition) is 2. The summed E-state index contributed by atoms with van der Waals surface area (Å²) in [6.45, 7) is 1.81. The molecule has 3 N–H and O–H groups in total. The standard InChI is InChI=1S/C12H15ClN2O3/c1-3-10(14)11(16)15-7-4-5-9(13)8(6-7)12(17)18-2/h4-6,10H,3,14H2,1-2H3,(H,15,16)/t10-/m1/s1. The van der Waals surface area contributed by atoms with Crippen molar-refractivity contribution in [2.24, 2.45) is 5.73 Å². The van der Waals surface area contributed by atoms with E-state index in [2.05, 4.69) is 10.1 Å². The highest BCUT2D eigenvalue weighted by Gasteiger charge is 2.14. The van der Waals surface area contributed by atoms with Gasteiger partial charge < -0.3 is 15.8 Å². The number of hydrogen-bond acceptors (Lipinski definition) is 4. The number of methoxy groups -OCH3 is 1. The quantitative estimate of drug-likeness (QED) is 0.818. The number of rotatable bonds is 4. The van der Waals surface area contributed by atoms with Crippen molar-refractivity contribution < 1.29 is 14.3 Å². The Balaban J connectivity index is 2.92. The summed E-state index contributed by atoms with van der Waals surface area (Å²) >= 11 is 5.86. The molecule has 1 amide bonds. The van der Waals surface area contributed by atoms with Crippen LogP contribution >= 0.6 is 11.6 Å². The maximum absolute atomic E-state index is 11.6. The molecule has 0 aliphatic heterocycles. The molecule has 98 valence electrons. The van der Waals surface area contributed by atoms with Crippen LogP contribution in [-0.4, -0.2) is 25.0 Å². The predicted octanol–water partition coefficient (Wildman–Crippen LogP) is 1.80. The molecule has 0 unspecified atom stereocenters. The first-order valence-electron chi connectivity index (χ1n) is 5.44. The second kappa shape index (κ2) is 6.37. The van der Waals surface area contributed by atoms with Gasteiger partial charge in [0.2, 0.25) is 5.91 Å². The van der Waals surface area contributed by atoms with Gasteiger partial charge in [-0.05, 0) is 24.6 Å². The minimum absolute atomic E-state index is 0.196. The fourth-order valence-electron chi connectivity index (χ4n) is 1.29. The normalized spacial score (nSPS) is 11.8.